The van der Waals surface area contributed by atoms with Crippen LogP contribution in [-0.4, -0.2) is 49.1 Å². The first kappa shape index (κ1) is 25.6. The zero-order chi connectivity index (χ0) is 24.3. The lowest BCUT2D eigenvalue weighted by Gasteiger charge is -2.27. The van der Waals surface area contributed by atoms with Gasteiger partial charge in [0.15, 0.2) is 0 Å². The van der Waals surface area contributed by atoms with E-state index in [-0.39, 0.29) is 19.0 Å². The summed E-state index contributed by atoms with van der Waals surface area (Å²) in [5, 5.41) is 0. The van der Waals surface area contributed by atoms with Crippen molar-refractivity contribution in [3.63, 3.8) is 0 Å². The van der Waals surface area contributed by atoms with E-state index in [1.807, 2.05) is 54.3 Å². The van der Waals surface area contributed by atoms with Crippen molar-refractivity contribution >= 4 is 5.91 Å². The van der Waals surface area contributed by atoms with Gasteiger partial charge in [-0.3, -0.25) is 9.69 Å². The van der Waals surface area contributed by atoms with Gasteiger partial charge in [-0.2, -0.15) is 0 Å². The Kier molecular flexibility index (Phi) is 9.79. The number of carbonyl (C=O) groups is 1. The maximum Gasteiger partial charge on any atom is 0.237 e. The average molecular weight is 471 g/mol. The zero-order valence-electron chi connectivity index (χ0n) is 19.8. The third kappa shape index (κ3) is 8.39. The van der Waals surface area contributed by atoms with Crippen molar-refractivity contribution in [3.05, 3.63) is 94.9 Å². The van der Waals surface area contributed by atoms with Crippen LogP contribution in [0.5, 0.6) is 0 Å². The Morgan fingerprint density at radius 2 is 1.68 bits per heavy atom. The minimum Gasteiger partial charge on any atom is -0.464 e. The molecular weight excluding hydrogens is 438 g/mol. The van der Waals surface area contributed by atoms with Crippen molar-refractivity contribution in [1.82, 2.24) is 9.80 Å². The Hall–Kier alpha value is -3.03. The van der Waals surface area contributed by atoms with Crippen LogP contribution in [0.2, 0.25) is 0 Å². The Bertz CT molecular complexity index is 1020. The quantitative estimate of drug-likeness (QED) is 0.331. The largest absolute Gasteiger partial charge is 0.464 e. The molecule has 0 aliphatic carbocycles. The number of hydrogen-bond donors (Lipinski definition) is 0. The highest BCUT2D eigenvalue weighted by Crippen LogP contribution is 2.14. The van der Waals surface area contributed by atoms with E-state index in [1.54, 1.807) is 12.0 Å². The lowest BCUT2D eigenvalue weighted by Crippen LogP contribution is -2.41. The number of carbonyl (C=O) groups excluding carboxylic acids is 1. The Morgan fingerprint density at radius 3 is 2.32 bits per heavy atom. The van der Waals surface area contributed by atoms with Gasteiger partial charge in [-0.05, 0) is 55.2 Å². The second-order valence-electron chi connectivity index (χ2n) is 8.40. The molecule has 2 aromatic carbocycles. The summed E-state index contributed by atoms with van der Waals surface area (Å²) in [6.07, 6.45) is 1.41. The molecule has 0 N–H and O–H groups in total. The van der Waals surface area contributed by atoms with Gasteiger partial charge in [0.05, 0.1) is 13.1 Å². The molecule has 3 rings (SSSR count). The van der Waals surface area contributed by atoms with Gasteiger partial charge in [0, 0.05) is 39.4 Å². The summed E-state index contributed by atoms with van der Waals surface area (Å²) >= 11 is 0. The van der Waals surface area contributed by atoms with Crippen molar-refractivity contribution in [3.8, 4) is 0 Å². The van der Waals surface area contributed by atoms with Crippen molar-refractivity contribution in [2.75, 3.05) is 33.4 Å². The number of methoxy groups -OCH3 is 1. The molecule has 7 heteroatoms. The van der Waals surface area contributed by atoms with Gasteiger partial charge in [0.25, 0.3) is 0 Å². The van der Waals surface area contributed by atoms with E-state index < -0.39 is 11.6 Å². The van der Waals surface area contributed by atoms with Crippen molar-refractivity contribution in [1.29, 1.82) is 0 Å². The number of furan rings is 1. The minimum absolute atomic E-state index is 0.0701. The highest BCUT2D eigenvalue weighted by Gasteiger charge is 2.20. The third-order valence-electron chi connectivity index (χ3n) is 5.52. The van der Waals surface area contributed by atoms with Crippen LogP contribution >= 0.6 is 0 Å². The third-order valence-corrected chi connectivity index (χ3v) is 5.52. The topological polar surface area (TPSA) is 45.9 Å². The molecule has 1 amide bonds. The van der Waals surface area contributed by atoms with E-state index in [1.165, 1.54) is 12.1 Å². The second kappa shape index (κ2) is 13.0. The van der Waals surface area contributed by atoms with E-state index in [2.05, 4.69) is 0 Å². The lowest BCUT2D eigenvalue weighted by atomic mass is 10.1. The normalized spacial score (nSPS) is 11.2. The molecule has 3 aromatic rings. The number of halogens is 2. The SMILES string of the molecule is COCCCN(CC(=O)N(CCc1ccccc1)Cc1ccc(C)o1)Cc1cc(F)cc(F)c1. The van der Waals surface area contributed by atoms with E-state index >= 15 is 0 Å². The molecule has 1 aromatic heterocycles. The first-order valence-electron chi connectivity index (χ1n) is 11.5. The van der Waals surface area contributed by atoms with E-state index in [4.69, 9.17) is 9.15 Å². The monoisotopic (exact) mass is 470 g/mol. The minimum atomic E-state index is -0.629. The molecule has 0 aliphatic rings. The van der Waals surface area contributed by atoms with Crippen molar-refractivity contribution in [2.24, 2.45) is 0 Å². The summed E-state index contributed by atoms with van der Waals surface area (Å²) in [4.78, 5) is 17.1. The summed E-state index contributed by atoms with van der Waals surface area (Å²) in [5.74, 6) is 0.183. The van der Waals surface area contributed by atoms with E-state index in [0.29, 0.717) is 44.6 Å². The first-order valence-corrected chi connectivity index (χ1v) is 11.5. The fourth-order valence-electron chi connectivity index (χ4n) is 3.86. The second-order valence-corrected chi connectivity index (χ2v) is 8.40. The predicted octanol–water partition coefficient (Wildman–Crippen LogP) is 4.98. The van der Waals surface area contributed by atoms with Crippen LogP contribution in [0.3, 0.4) is 0 Å². The summed E-state index contributed by atoms with van der Waals surface area (Å²) in [6, 6.07) is 17.2. The summed E-state index contributed by atoms with van der Waals surface area (Å²) < 4.78 is 38.3. The van der Waals surface area contributed by atoms with Gasteiger partial charge in [-0.25, -0.2) is 8.78 Å². The molecule has 0 saturated heterocycles. The molecule has 5 nitrogen and oxygen atoms in total. The van der Waals surface area contributed by atoms with Crippen LogP contribution in [-0.2, 0) is 29.0 Å². The maximum atomic E-state index is 13.7. The Balaban J connectivity index is 1.72. The van der Waals surface area contributed by atoms with Crippen molar-refractivity contribution < 1.29 is 22.7 Å². The van der Waals surface area contributed by atoms with E-state index in [0.717, 1.165) is 23.2 Å². The standard InChI is InChI=1S/C27H32F2N2O3/c1-21-9-10-26(34-21)19-31(13-11-22-7-4-3-5-8-22)27(32)20-30(12-6-14-33-2)18-23-15-24(28)17-25(29)16-23/h3-5,7-10,15-17H,6,11-14,18-20H2,1-2H3. The van der Waals surface area contributed by atoms with Crippen LogP contribution in [0, 0.1) is 18.6 Å². The number of ether oxygens (including phenoxy) is 1. The lowest BCUT2D eigenvalue weighted by molar-refractivity contribution is -0.133. The molecule has 0 radical (unpaired) electrons. The van der Waals surface area contributed by atoms with E-state index in [9.17, 15) is 13.6 Å². The van der Waals surface area contributed by atoms with Gasteiger partial charge < -0.3 is 14.1 Å². The fourth-order valence-corrected chi connectivity index (χ4v) is 3.86. The molecule has 0 spiro atoms. The number of rotatable bonds is 13. The van der Waals surface area contributed by atoms with Crippen LogP contribution in [0.1, 0.15) is 29.1 Å². The molecule has 34 heavy (non-hydrogen) atoms. The number of amides is 1. The average Bonchev–Trinajstić information content (AvgIpc) is 3.21. The number of aryl methyl sites for hydroxylation is 1. The molecule has 0 bridgehead atoms. The number of nitrogens with zero attached hydrogens (tertiary/aromatic N) is 2. The molecule has 0 unspecified atom stereocenters. The highest BCUT2D eigenvalue weighted by molar-refractivity contribution is 5.78. The molecule has 0 saturated carbocycles. The summed E-state index contributed by atoms with van der Waals surface area (Å²) in [6.45, 7) is 4.24. The molecule has 1 heterocycles. The summed E-state index contributed by atoms with van der Waals surface area (Å²) in [7, 11) is 1.62. The fraction of sp³-hybridized carbons (Fsp3) is 0.370. The van der Waals surface area contributed by atoms with Crippen LogP contribution < -0.4 is 0 Å². The number of hydrogen-bond acceptors (Lipinski definition) is 4. The summed E-state index contributed by atoms with van der Waals surface area (Å²) in [5.41, 5.74) is 1.63. The molecule has 0 fully saturated rings. The van der Waals surface area contributed by atoms with Crippen LogP contribution in [0.4, 0.5) is 8.78 Å². The molecular formula is C27H32F2N2O3. The smallest absolute Gasteiger partial charge is 0.237 e. The van der Waals surface area contributed by atoms with Gasteiger partial charge in [-0.1, -0.05) is 30.3 Å². The maximum absolute atomic E-state index is 13.7. The van der Waals surface area contributed by atoms with Crippen LogP contribution in [0.15, 0.2) is 65.1 Å². The molecule has 0 aliphatic heterocycles. The predicted molar refractivity (Wildman–Crippen MR) is 127 cm³/mol. The number of benzene rings is 2. The van der Waals surface area contributed by atoms with Crippen molar-refractivity contribution in [2.45, 2.75) is 32.9 Å². The Labute approximate surface area is 199 Å². The van der Waals surface area contributed by atoms with Gasteiger partial charge in [0.1, 0.15) is 23.2 Å². The zero-order valence-corrected chi connectivity index (χ0v) is 19.8. The van der Waals surface area contributed by atoms with Gasteiger partial charge in [-0.15, -0.1) is 0 Å². The first-order chi connectivity index (χ1) is 16.4. The van der Waals surface area contributed by atoms with Gasteiger partial charge in [0.2, 0.25) is 5.91 Å². The highest BCUT2D eigenvalue weighted by atomic mass is 19.1. The Morgan fingerprint density at radius 1 is 0.941 bits per heavy atom. The molecule has 182 valence electrons. The van der Waals surface area contributed by atoms with Crippen LogP contribution in [0.25, 0.3) is 0 Å². The molecule has 0 atom stereocenters. The van der Waals surface area contributed by atoms with Gasteiger partial charge >= 0.3 is 0 Å².